The molecule has 2 aromatic rings. The van der Waals surface area contributed by atoms with Crippen LogP contribution in [0, 0.1) is 10.6 Å². The van der Waals surface area contributed by atoms with Crippen molar-refractivity contribution in [3.05, 3.63) is 28.0 Å². The molecule has 2 aromatic heterocycles. The Labute approximate surface area is 77.6 Å². The van der Waals surface area contributed by atoms with Crippen LogP contribution in [0.15, 0.2) is 18.6 Å². The zero-order chi connectivity index (χ0) is 7.84. The third-order valence-electron chi connectivity index (χ3n) is 1.55. The summed E-state index contributed by atoms with van der Waals surface area (Å²) in [5.74, 6) is 0. The predicted octanol–water partition coefficient (Wildman–Crippen LogP) is 1.64. The molecule has 0 aliphatic heterocycles. The maximum absolute atomic E-state index is 4.17. The fourth-order valence-electron chi connectivity index (χ4n) is 1.05. The van der Waals surface area contributed by atoms with Crippen LogP contribution in [0.25, 0.3) is 5.65 Å². The number of aromatic nitrogens is 3. The number of nitrogens with zero attached hydrogens (tertiary/aromatic N) is 3. The van der Waals surface area contributed by atoms with Crippen molar-refractivity contribution in [3.8, 4) is 0 Å². The van der Waals surface area contributed by atoms with E-state index in [0.717, 1.165) is 15.0 Å². The van der Waals surface area contributed by atoms with E-state index in [1.165, 1.54) is 0 Å². The highest BCUT2D eigenvalue weighted by molar-refractivity contribution is 14.1. The van der Waals surface area contributed by atoms with Gasteiger partial charge in [0.25, 0.3) is 0 Å². The average molecular weight is 259 g/mol. The second-order valence-corrected chi connectivity index (χ2v) is 3.43. The highest BCUT2D eigenvalue weighted by Gasteiger charge is 2.00. The Balaban J connectivity index is 2.96. The normalized spacial score (nSPS) is 10.7. The van der Waals surface area contributed by atoms with E-state index in [9.17, 15) is 0 Å². The minimum absolute atomic E-state index is 0.911. The minimum Gasteiger partial charge on any atom is -0.289 e. The Morgan fingerprint density at radius 3 is 2.91 bits per heavy atom. The summed E-state index contributed by atoms with van der Waals surface area (Å²) in [6, 6.07) is 0. The molecule has 2 rings (SSSR count). The van der Waals surface area contributed by atoms with E-state index in [0.29, 0.717) is 0 Å². The zero-order valence-electron chi connectivity index (χ0n) is 5.95. The number of hydrogen-bond donors (Lipinski definition) is 0. The maximum Gasteiger partial charge on any atom is 0.156 e. The fraction of sp³-hybridized carbons (Fsp3) is 0.143. The highest BCUT2D eigenvalue weighted by atomic mass is 127. The van der Waals surface area contributed by atoms with Crippen molar-refractivity contribution >= 4 is 28.2 Å². The molecular weight excluding hydrogens is 253 g/mol. The van der Waals surface area contributed by atoms with Gasteiger partial charge in [-0.05, 0) is 29.5 Å². The predicted molar refractivity (Wildman–Crippen MR) is 50.4 cm³/mol. The van der Waals surface area contributed by atoms with Crippen molar-refractivity contribution in [2.24, 2.45) is 0 Å². The van der Waals surface area contributed by atoms with Crippen LogP contribution in [0.1, 0.15) is 5.69 Å². The lowest BCUT2D eigenvalue weighted by atomic mass is 10.5. The summed E-state index contributed by atoms with van der Waals surface area (Å²) in [5.41, 5.74) is 2.03. The summed E-state index contributed by atoms with van der Waals surface area (Å²) >= 11 is 2.25. The second-order valence-electron chi connectivity index (χ2n) is 2.32. The standard InChI is InChI=1S/C7H6IN3/c1-5-2-9-4-7-10-3-6(8)11(5)7/h2-4H,1H3. The van der Waals surface area contributed by atoms with Gasteiger partial charge in [-0.1, -0.05) is 0 Å². The first-order chi connectivity index (χ1) is 5.29. The first-order valence-electron chi connectivity index (χ1n) is 3.22. The van der Waals surface area contributed by atoms with Gasteiger partial charge in [-0.15, -0.1) is 0 Å². The van der Waals surface area contributed by atoms with Gasteiger partial charge in [0.15, 0.2) is 5.65 Å². The Morgan fingerprint density at radius 2 is 2.18 bits per heavy atom. The molecule has 0 spiro atoms. The van der Waals surface area contributed by atoms with Crippen LogP contribution in [0.4, 0.5) is 0 Å². The van der Waals surface area contributed by atoms with E-state index in [1.54, 1.807) is 6.20 Å². The van der Waals surface area contributed by atoms with Crippen LogP contribution in [0.2, 0.25) is 0 Å². The smallest absolute Gasteiger partial charge is 0.156 e. The number of imidazole rings is 1. The topological polar surface area (TPSA) is 30.2 Å². The Morgan fingerprint density at radius 1 is 1.36 bits per heavy atom. The maximum atomic E-state index is 4.17. The Kier molecular flexibility index (Phi) is 1.56. The summed E-state index contributed by atoms with van der Waals surface area (Å²) < 4.78 is 3.19. The van der Waals surface area contributed by atoms with Crippen LogP contribution in [0.5, 0.6) is 0 Å². The average Bonchev–Trinajstić information content (AvgIpc) is 2.34. The third-order valence-corrected chi connectivity index (χ3v) is 2.31. The van der Waals surface area contributed by atoms with Crippen molar-refractivity contribution in [1.29, 1.82) is 0 Å². The summed E-state index contributed by atoms with van der Waals surface area (Å²) in [7, 11) is 0. The summed E-state index contributed by atoms with van der Waals surface area (Å²) in [4.78, 5) is 8.21. The molecule has 0 aromatic carbocycles. The van der Waals surface area contributed by atoms with Crippen molar-refractivity contribution < 1.29 is 0 Å². The van der Waals surface area contributed by atoms with E-state index >= 15 is 0 Å². The van der Waals surface area contributed by atoms with Gasteiger partial charge >= 0.3 is 0 Å². The molecule has 56 valence electrons. The SMILES string of the molecule is Cc1cncc2ncc(I)n12. The van der Waals surface area contributed by atoms with Crippen LogP contribution in [-0.4, -0.2) is 14.4 Å². The molecule has 0 radical (unpaired) electrons. The van der Waals surface area contributed by atoms with Gasteiger partial charge in [-0.25, -0.2) is 4.98 Å². The molecule has 0 amide bonds. The van der Waals surface area contributed by atoms with Gasteiger partial charge in [0.05, 0.1) is 12.4 Å². The Hall–Kier alpha value is -0.650. The van der Waals surface area contributed by atoms with Crippen LogP contribution in [0.3, 0.4) is 0 Å². The van der Waals surface area contributed by atoms with E-state index in [-0.39, 0.29) is 0 Å². The molecule has 0 bridgehead atoms. The first kappa shape index (κ1) is 7.02. The monoisotopic (exact) mass is 259 g/mol. The van der Waals surface area contributed by atoms with E-state index in [1.807, 2.05) is 19.3 Å². The molecule has 0 N–H and O–H groups in total. The lowest BCUT2D eigenvalue weighted by molar-refractivity contribution is 1.03. The van der Waals surface area contributed by atoms with Gasteiger partial charge < -0.3 is 0 Å². The molecular formula is C7H6IN3. The first-order valence-corrected chi connectivity index (χ1v) is 4.30. The summed E-state index contributed by atoms with van der Waals surface area (Å²) in [6.07, 6.45) is 5.43. The van der Waals surface area contributed by atoms with Crippen LogP contribution < -0.4 is 0 Å². The molecule has 0 fully saturated rings. The van der Waals surface area contributed by atoms with Gasteiger partial charge in [-0.3, -0.25) is 9.38 Å². The molecule has 0 aliphatic carbocycles. The van der Waals surface area contributed by atoms with Gasteiger partial charge in [0, 0.05) is 11.9 Å². The van der Waals surface area contributed by atoms with Crippen molar-refractivity contribution in [3.63, 3.8) is 0 Å². The quantitative estimate of drug-likeness (QED) is 0.673. The third kappa shape index (κ3) is 1.01. The lowest BCUT2D eigenvalue weighted by Gasteiger charge is -1.97. The van der Waals surface area contributed by atoms with E-state index in [4.69, 9.17) is 0 Å². The largest absolute Gasteiger partial charge is 0.289 e. The number of halogens is 1. The number of hydrogen-bond acceptors (Lipinski definition) is 2. The van der Waals surface area contributed by atoms with Crippen molar-refractivity contribution in [2.75, 3.05) is 0 Å². The van der Waals surface area contributed by atoms with Gasteiger partial charge in [-0.2, -0.15) is 0 Å². The number of fused-ring (bicyclic) bond motifs is 1. The molecule has 0 atom stereocenters. The lowest BCUT2D eigenvalue weighted by Crippen LogP contribution is -1.93. The minimum atomic E-state index is 0.911. The van der Waals surface area contributed by atoms with Crippen LogP contribution in [-0.2, 0) is 0 Å². The van der Waals surface area contributed by atoms with Crippen molar-refractivity contribution in [1.82, 2.24) is 14.4 Å². The van der Waals surface area contributed by atoms with Gasteiger partial charge in [0.1, 0.15) is 3.70 Å². The molecule has 0 aliphatic rings. The second kappa shape index (κ2) is 2.44. The molecule has 0 saturated carbocycles. The summed E-state index contributed by atoms with van der Waals surface area (Å²) in [6.45, 7) is 2.02. The fourth-order valence-corrected chi connectivity index (χ4v) is 1.82. The molecule has 0 unspecified atom stereocenters. The highest BCUT2D eigenvalue weighted by Crippen LogP contribution is 2.09. The van der Waals surface area contributed by atoms with Gasteiger partial charge in [0.2, 0.25) is 0 Å². The number of aryl methyl sites for hydroxylation is 1. The molecule has 4 heteroatoms. The molecule has 3 nitrogen and oxygen atoms in total. The van der Waals surface area contributed by atoms with Crippen molar-refractivity contribution in [2.45, 2.75) is 6.92 Å². The summed E-state index contributed by atoms with van der Waals surface area (Å²) in [5, 5.41) is 0. The molecule has 11 heavy (non-hydrogen) atoms. The number of rotatable bonds is 0. The van der Waals surface area contributed by atoms with Crippen LogP contribution >= 0.6 is 22.6 Å². The van der Waals surface area contributed by atoms with E-state index < -0.39 is 0 Å². The zero-order valence-corrected chi connectivity index (χ0v) is 8.11. The Bertz CT molecular complexity index is 393. The van der Waals surface area contributed by atoms with E-state index in [2.05, 4.69) is 37.0 Å². The molecule has 0 saturated heterocycles. The molecule has 2 heterocycles.